The van der Waals surface area contributed by atoms with Crippen LogP contribution in [-0.2, 0) is 15.1 Å². The normalized spacial score (nSPS) is 21.8. The summed E-state index contributed by atoms with van der Waals surface area (Å²) in [5.41, 5.74) is -1.72. The van der Waals surface area contributed by atoms with Crippen LogP contribution in [0.3, 0.4) is 0 Å². The quantitative estimate of drug-likeness (QED) is 0.513. The zero-order valence-electron chi connectivity index (χ0n) is 20.8. The molecular formula is C27H32BrF3N2O3. The van der Waals surface area contributed by atoms with Crippen molar-refractivity contribution < 1.29 is 27.4 Å². The largest absolute Gasteiger partial charge is 0.496 e. The van der Waals surface area contributed by atoms with Gasteiger partial charge in [-0.05, 0) is 67.5 Å². The molecule has 2 aromatic carbocycles. The Kier molecular flexibility index (Phi) is 7.74. The van der Waals surface area contributed by atoms with Crippen molar-refractivity contribution in [2.24, 2.45) is 5.41 Å². The molecule has 4 rings (SSSR count). The molecule has 9 heteroatoms. The van der Waals surface area contributed by atoms with Crippen molar-refractivity contribution in [2.75, 3.05) is 40.4 Å². The second kappa shape index (κ2) is 10.3. The number of amides is 1. The zero-order chi connectivity index (χ0) is 26.1. The first-order valence-electron chi connectivity index (χ1n) is 12.1. The summed E-state index contributed by atoms with van der Waals surface area (Å²) in [4.78, 5) is 15.0. The lowest BCUT2D eigenvalue weighted by atomic mass is 9.62. The third-order valence-electron chi connectivity index (χ3n) is 7.90. The molecule has 0 bridgehead atoms. The van der Waals surface area contributed by atoms with Gasteiger partial charge in [0.1, 0.15) is 5.75 Å². The number of hydrogen-bond acceptors (Lipinski definition) is 4. The van der Waals surface area contributed by atoms with Gasteiger partial charge in [-0.15, -0.1) is 0 Å². The fraction of sp³-hybridized carbons (Fsp3) is 0.519. The topological polar surface area (TPSA) is 50.8 Å². The lowest BCUT2D eigenvalue weighted by Gasteiger charge is -2.51. The summed E-state index contributed by atoms with van der Waals surface area (Å²) in [6.07, 6.45) is -2.83. The number of carbonyl (C=O) groups excluding carboxylic acids is 1. The molecule has 2 saturated heterocycles. The number of benzene rings is 2. The molecule has 2 fully saturated rings. The number of piperidine rings is 2. The fourth-order valence-corrected chi connectivity index (χ4v) is 6.62. The van der Waals surface area contributed by atoms with Gasteiger partial charge in [0.05, 0.1) is 7.11 Å². The number of nitrogens with one attached hydrogen (secondary N) is 1. The molecule has 5 nitrogen and oxygen atoms in total. The minimum atomic E-state index is -4.93. The highest BCUT2D eigenvalue weighted by Crippen LogP contribution is 2.51. The van der Waals surface area contributed by atoms with Gasteiger partial charge in [0.25, 0.3) is 11.5 Å². The van der Waals surface area contributed by atoms with E-state index in [0.717, 1.165) is 37.9 Å². The van der Waals surface area contributed by atoms with E-state index in [1.165, 1.54) is 17.0 Å². The summed E-state index contributed by atoms with van der Waals surface area (Å²) >= 11 is 3.27. The number of halogens is 4. The van der Waals surface area contributed by atoms with Gasteiger partial charge in [-0.25, -0.2) is 0 Å². The van der Waals surface area contributed by atoms with Gasteiger partial charge in [0, 0.05) is 42.7 Å². The number of methoxy groups -OCH3 is 2. The van der Waals surface area contributed by atoms with Crippen LogP contribution >= 0.6 is 15.9 Å². The number of rotatable bonds is 5. The smallest absolute Gasteiger partial charge is 0.430 e. The lowest BCUT2D eigenvalue weighted by Crippen LogP contribution is -2.59. The van der Waals surface area contributed by atoms with Crippen LogP contribution in [0.1, 0.15) is 41.9 Å². The average Bonchev–Trinajstić information content (AvgIpc) is 2.84. The van der Waals surface area contributed by atoms with Crippen LogP contribution in [-0.4, -0.2) is 57.4 Å². The molecule has 0 saturated carbocycles. The van der Waals surface area contributed by atoms with Crippen LogP contribution in [0.15, 0.2) is 46.9 Å². The second-order valence-electron chi connectivity index (χ2n) is 9.80. The Hall–Kier alpha value is -2.10. The molecular weight excluding hydrogens is 537 g/mol. The van der Waals surface area contributed by atoms with Crippen molar-refractivity contribution in [2.45, 2.75) is 43.9 Å². The SMILES string of the molecule is COc1ccccc1C1CNCCC12CCN(C(=O)C(OC)(c1cc(C)cc(Br)c1)C(F)(F)F)CC2. The molecule has 36 heavy (non-hydrogen) atoms. The van der Waals surface area contributed by atoms with E-state index in [9.17, 15) is 18.0 Å². The number of aryl methyl sites for hydroxylation is 1. The number of alkyl halides is 3. The molecule has 1 spiro atoms. The summed E-state index contributed by atoms with van der Waals surface area (Å²) in [5, 5.41) is 3.47. The molecule has 196 valence electrons. The predicted molar refractivity (Wildman–Crippen MR) is 135 cm³/mol. The van der Waals surface area contributed by atoms with Gasteiger partial charge in [0.15, 0.2) is 0 Å². The van der Waals surface area contributed by atoms with Crippen LogP contribution in [0.5, 0.6) is 5.75 Å². The van der Waals surface area contributed by atoms with E-state index in [-0.39, 0.29) is 30.0 Å². The maximum absolute atomic E-state index is 14.6. The van der Waals surface area contributed by atoms with E-state index in [1.54, 1.807) is 20.1 Å². The summed E-state index contributed by atoms with van der Waals surface area (Å²) in [7, 11) is 2.60. The van der Waals surface area contributed by atoms with Crippen LogP contribution in [0.25, 0.3) is 0 Å². The highest BCUT2D eigenvalue weighted by molar-refractivity contribution is 9.10. The zero-order valence-corrected chi connectivity index (χ0v) is 22.3. The third-order valence-corrected chi connectivity index (χ3v) is 8.36. The second-order valence-corrected chi connectivity index (χ2v) is 10.7. The molecule has 1 amide bonds. The summed E-state index contributed by atoms with van der Waals surface area (Å²) < 4.78 is 55.1. The number of nitrogens with zero attached hydrogens (tertiary/aromatic N) is 1. The van der Waals surface area contributed by atoms with Gasteiger partial charge in [0.2, 0.25) is 0 Å². The first-order valence-corrected chi connectivity index (χ1v) is 12.9. The van der Waals surface area contributed by atoms with Crippen LogP contribution in [0.4, 0.5) is 13.2 Å². The monoisotopic (exact) mass is 568 g/mol. The standard InChI is InChI=1S/C27H32BrF3N2O3/c1-18-14-19(16-20(28)15-18)26(36-3,27(29,30)31)24(34)33-12-9-25(10-13-33)8-11-32-17-22(25)21-6-4-5-7-23(21)35-2/h4-7,14-16,22,32H,8-13,17H2,1-3H3. The van der Waals surface area contributed by atoms with Crippen molar-refractivity contribution >= 4 is 21.8 Å². The predicted octanol–water partition coefficient (Wildman–Crippen LogP) is 5.56. The lowest BCUT2D eigenvalue weighted by molar-refractivity contribution is -0.271. The number of likely N-dealkylation sites (tertiary alicyclic amines) is 1. The van der Waals surface area contributed by atoms with E-state index >= 15 is 0 Å². The summed E-state index contributed by atoms with van der Waals surface area (Å²) in [5.74, 6) is -0.112. The van der Waals surface area contributed by atoms with Gasteiger partial charge in [-0.2, -0.15) is 13.2 Å². The molecule has 2 aliphatic rings. The number of carbonyl (C=O) groups is 1. The molecule has 2 atom stereocenters. The number of para-hydroxylation sites is 1. The van der Waals surface area contributed by atoms with Crippen molar-refractivity contribution in [3.8, 4) is 5.75 Å². The molecule has 0 aliphatic carbocycles. The maximum atomic E-state index is 14.6. The Morgan fingerprint density at radius 2 is 1.81 bits per heavy atom. The molecule has 0 aromatic heterocycles. The van der Waals surface area contributed by atoms with E-state index in [4.69, 9.17) is 9.47 Å². The van der Waals surface area contributed by atoms with Crippen LogP contribution in [0.2, 0.25) is 0 Å². The van der Waals surface area contributed by atoms with Gasteiger partial charge in [-0.1, -0.05) is 40.2 Å². The summed E-state index contributed by atoms with van der Waals surface area (Å²) in [6, 6.07) is 12.3. The molecule has 2 aromatic rings. The van der Waals surface area contributed by atoms with Gasteiger partial charge >= 0.3 is 6.18 Å². The van der Waals surface area contributed by atoms with Crippen molar-refractivity contribution in [3.05, 3.63) is 63.6 Å². The highest BCUT2D eigenvalue weighted by atomic mass is 79.9. The Balaban J connectivity index is 1.64. The Labute approximate surface area is 218 Å². The first-order chi connectivity index (χ1) is 17.1. The molecule has 1 N–H and O–H groups in total. The van der Waals surface area contributed by atoms with Crippen LogP contribution < -0.4 is 10.1 Å². The number of hydrogen-bond donors (Lipinski definition) is 1. The molecule has 0 radical (unpaired) electrons. The van der Waals surface area contributed by atoms with E-state index in [2.05, 4.69) is 27.3 Å². The number of ether oxygens (including phenoxy) is 2. The molecule has 2 aliphatic heterocycles. The van der Waals surface area contributed by atoms with E-state index in [0.29, 0.717) is 22.9 Å². The Bertz CT molecular complexity index is 1080. The highest BCUT2D eigenvalue weighted by Gasteiger charge is 2.64. The minimum Gasteiger partial charge on any atom is -0.496 e. The minimum absolute atomic E-state index is 0.128. The van der Waals surface area contributed by atoms with Crippen molar-refractivity contribution in [1.29, 1.82) is 0 Å². The fourth-order valence-electron chi connectivity index (χ4n) is 6.01. The van der Waals surface area contributed by atoms with Gasteiger partial charge < -0.3 is 19.7 Å². The molecule has 2 heterocycles. The Morgan fingerprint density at radius 1 is 1.11 bits per heavy atom. The van der Waals surface area contributed by atoms with E-state index < -0.39 is 17.7 Å². The maximum Gasteiger partial charge on any atom is 0.430 e. The van der Waals surface area contributed by atoms with Gasteiger partial charge in [-0.3, -0.25) is 4.79 Å². The van der Waals surface area contributed by atoms with Crippen molar-refractivity contribution in [3.63, 3.8) is 0 Å². The average molecular weight is 569 g/mol. The summed E-state index contributed by atoms with van der Waals surface area (Å²) in [6.45, 7) is 3.75. The third kappa shape index (κ3) is 4.65. The molecule has 2 unspecified atom stereocenters. The van der Waals surface area contributed by atoms with Crippen LogP contribution in [0, 0.1) is 12.3 Å². The Morgan fingerprint density at radius 3 is 2.42 bits per heavy atom. The van der Waals surface area contributed by atoms with E-state index in [1.807, 2.05) is 18.2 Å². The van der Waals surface area contributed by atoms with Crippen molar-refractivity contribution in [1.82, 2.24) is 10.2 Å². The first kappa shape index (κ1) is 26.9.